The topological polar surface area (TPSA) is 55.1 Å². The van der Waals surface area contributed by atoms with Gasteiger partial charge < -0.3 is 9.32 Å². The van der Waals surface area contributed by atoms with Gasteiger partial charge in [0.1, 0.15) is 11.2 Å². The first kappa shape index (κ1) is 36.7. The zero-order chi connectivity index (χ0) is 41.2. The Morgan fingerprint density at radius 3 is 1.18 bits per heavy atom. The van der Waals surface area contributed by atoms with Gasteiger partial charge in [0, 0.05) is 27.9 Å². The molecule has 62 heavy (non-hydrogen) atoms. The minimum absolute atomic E-state index is 0.530. The van der Waals surface area contributed by atoms with Crippen LogP contribution in [0.15, 0.2) is 235 Å². The summed E-state index contributed by atoms with van der Waals surface area (Å²) in [6.45, 7) is 0. The van der Waals surface area contributed by atoms with Crippen molar-refractivity contribution in [1.29, 1.82) is 0 Å². The number of fused-ring (bicyclic) bond motifs is 3. The van der Waals surface area contributed by atoms with Gasteiger partial charge in [0.25, 0.3) is 0 Å². The zero-order valence-corrected chi connectivity index (χ0v) is 33.6. The molecule has 0 aliphatic heterocycles. The van der Waals surface area contributed by atoms with E-state index in [0.717, 1.165) is 72.4 Å². The molecule has 2 aromatic heterocycles. The molecule has 2 heterocycles. The van der Waals surface area contributed by atoms with Gasteiger partial charge in [0.2, 0.25) is 0 Å². The Labute approximate surface area is 359 Å². The van der Waals surface area contributed by atoms with Crippen molar-refractivity contribution < 1.29 is 4.42 Å². The minimum atomic E-state index is 0.530. The third-order valence-electron chi connectivity index (χ3n) is 11.4. The number of aromatic nitrogens is 3. The molecule has 11 rings (SSSR count). The van der Waals surface area contributed by atoms with E-state index in [1.807, 2.05) is 60.7 Å². The van der Waals surface area contributed by atoms with Gasteiger partial charge in [-0.05, 0) is 75.8 Å². The van der Waals surface area contributed by atoms with E-state index < -0.39 is 0 Å². The Morgan fingerprint density at radius 2 is 0.677 bits per heavy atom. The number of nitrogens with zero attached hydrogens (tertiary/aromatic N) is 4. The fourth-order valence-corrected chi connectivity index (χ4v) is 8.25. The number of para-hydroxylation sites is 1. The quantitative estimate of drug-likeness (QED) is 0.146. The van der Waals surface area contributed by atoms with Crippen LogP contribution in [0, 0.1) is 0 Å². The van der Waals surface area contributed by atoms with Crippen molar-refractivity contribution in [2.45, 2.75) is 0 Å². The molecule has 0 spiro atoms. The fourth-order valence-electron chi connectivity index (χ4n) is 8.25. The average Bonchev–Trinajstić information content (AvgIpc) is 3.76. The van der Waals surface area contributed by atoms with Crippen molar-refractivity contribution in [3.63, 3.8) is 0 Å². The van der Waals surface area contributed by atoms with Crippen molar-refractivity contribution in [3.05, 3.63) is 231 Å². The van der Waals surface area contributed by atoms with Crippen LogP contribution in [0.5, 0.6) is 0 Å². The summed E-state index contributed by atoms with van der Waals surface area (Å²) < 4.78 is 6.88. The molecule has 0 aliphatic carbocycles. The molecule has 0 saturated heterocycles. The Hall–Kier alpha value is -8.41. The second kappa shape index (κ2) is 16.0. The highest BCUT2D eigenvalue weighted by atomic mass is 16.3. The molecule has 0 N–H and O–H groups in total. The average molecular weight is 795 g/mol. The normalized spacial score (nSPS) is 11.2. The van der Waals surface area contributed by atoms with Crippen molar-refractivity contribution >= 4 is 39.0 Å². The van der Waals surface area contributed by atoms with Gasteiger partial charge in [-0.25, -0.2) is 15.0 Å². The molecule has 0 amide bonds. The summed E-state index contributed by atoms with van der Waals surface area (Å²) in [6.07, 6.45) is 0. The third-order valence-corrected chi connectivity index (χ3v) is 11.4. The van der Waals surface area contributed by atoms with Crippen LogP contribution in [-0.2, 0) is 0 Å². The summed E-state index contributed by atoms with van der Waals surface area (Å²) in [5.41, 5.74) is 14.0. The summed E-state index contributed by atoms with van der Waals surface area (Å²) in [5, 5.41) is 1.97. The van der Waals surface area contributed by atoms with E-state index in [2.05, 4.69) is 175 Å². The highest BCUT2D eigenvalue weighted by Crippen LogP contribution is 2.46. The van der Waals surface area contributed by atoms with Gasteiger partial charge >= 0.3 is 0 Å². The standard InChI is InChI=1S/C57H38N4O/c1-5-15-39(16-6-1)42-25-27-46(28-26-42)56-58-55(45-21-11-4-12-22-45)59-57(60-56)50-37-38-51(53-49-23-13-14-24-52(49)62-54(50)53)61(47-33-29-43(30-34-47)40-17-7-2-8-18-40)48-35-31-44(32-36-48)41-19-9-3-10-20-41/h1-38H. The maximum absolute atomic E-state index is 6.88. The lowest BCUT2D eigenvalue weighted by Crippen LogP contribution is -2.10. The zero-order valence-electron chi connectivity index (χ0n) is 33.6. The Morgan fingerprint density at radius 1 is 0.306 bits per heavy atom. The van der Waals surface area contributed by atoms with Crippen LogP contribution in [0.4, 0.5) is 17.1 Å². The smallest absolute Gasteiger partial charge is 0.167 e. The van der Waals surface area contributed by atoms with Crippen LogP contribution in [0.3, 0.4) is 0 Å². The first-order chi connectivity index (χ1) is 30.7. The summed E-state index contributed by atoms with van der Waals surface area (Å²) in [5.74, 6) is 1.70. The van der Waals surface area contributed by atoms with Gasteiger partial charge in [-0.3, -0.25) is 0 Å². The predicted octanol–water partition coefficient (Wildman–Crippen LogP) is 15.2. The monoisotopic (exact) mass is 794 g/mol. The van der Waals surface area contributed by atoms with Crippen LogP contribution in [0.25, 0.3) is 89.5 Å². The van der Waals surface area contributed by atoms with Gasteiger partial charge in [0.05, 0.1) is 16.6 Å². The molecule has 9 aromatic carbocycles. The van der Waals surface area contributed by atoms with E-state index in [-0.39, 0.29) is 0 Å². The fraction of sp³-hybridized carbons (Fsp3) is 0. The van der Waals surface area contributed by atoms with Crippen LogP contribution in [-0.4, -0.2) is 15.0 Å². The molecule has 0 aliphatic rings. The van der Waals surface area contributed by atoms with Crippen LogP contribution in [0.1, 0.15) is 0 Å². The molecule has 0 bridgehead atoms. The second-order valence-electron chi connectivity index (χ2n) is 15.2. The number of rotatable bonds is 9. The van der Waals surface area contributed by atoms with E-state index in [1.165, 1.54) is 11.1 Å². The van der Waals surface area contributed by atoms with Crippen molar-refractivity contribution in [1.82, 2.24) is 15.0 Å². The number of benzene rings is 9. The van der Waals surface area contributed by atoms with Gasteiger partial charge in [0.15, 0.2) is 17.5 Å². The molecule has 11 aromatic rings. The molecule has 0 atom stereocenters. The number of furan rings is 1. The molecule has 5 heteroatoms. The second-order valence-corrected chi connectivity index (χ2v) is 15.2. The lowest BCUT2D eigenvalue weighted by molar-refractivity contribution is 0.669. The van der Waals surface area contributed by atoms with E-state index in [0.29, 0.717) is 23.1 Å². The lowest BCUT2D eigenvalue weighted by atomic mass is 10.0. The number of anilines is 3. The van der Waals surface area contributed by atoms with Crippen molar-refractivity contribution in [2.24, 2.45) is 0 Å². The Kier molecular flexibility index (Phi) is 9.45. The molecule has 0 radical (unpaired) electrons. The predicted molar refractivity (Wildman–Crippen MR) is 254 cm³/mol. The lowest BCUT2D eigenvalue weighted by Gasteiger charge is -2.27. The Bertz CT molecular complexity index is 3210. The summed E-state index contributed by atoms with van der Waals surface area (Å²) in [7, 11) is 0. The van der Waals surface area contributed by atoms with E-state index in [1.54, 1.807) is 0 Å². The molecule has 0 saturated carbocycles. The Balaban J connectivity index is 1.10. The molecular formula is C57H38N4O. The molecule has 292 valence electrons. The van der Waals surface area contributed by atoms with Gasteiger partial charge in [-0.15, -0.1) is 0 Å². The summed E-state index contributed by atoms with van der Waals surface area (Å²) in [6, 6.07) is 79.9. The molecular weight excluding hydrogens is 757 g/mol. The highest BCUT2D eigenvalue weighted by Gasteiger charge is 2.24. The summed E-state index contributed by atoms with van der Waals surface area (Å²) >= 11 is 0. The van der Waals surface area contributed by atoms with Crippen molar-refractivity contribution in [3.8, 4) is 67.5 Å². The largest absolute Gasteiger partial charge is 0.455 e. The number of hydrogen-bond donors (Lipinski definition) is 0. The van der Waals surface area contributed by atoms with E-state index in [4.69, 9.17) is 19.4 Å². The molecule has 0 fully saturated rings. The first-order valence-electron chi connectivity index (χ1n) is 20.8. The highest BCUT2D eigenvalue weighted by molar-refractivity contribution is 6.16. The van der Waals surface area contributed by atoms with Crippen LogP contribution in [0.2, 0.25) is 0 Å². The number of hydrogen-bond acceptors (Lipinski definition) is 5. The minimum Gasteiger partial charge on any atom is -0.455 e. The van der Waals surface area contributed by atoms with Crippen LogP contribution < -0.4 is 4.90 Å². The van der Waals surface area contributed by atoms with Crippen LogP contribution >= 0.6 is 0 Å². The molecule has 0 unspecified atom stereocenters. The van der Waals surface area contributed by atoms with Gasteiger partial charge in [-0.1, -0.05) is 188 Å². The van der Waals surface area contributed by atoms with Crippen molar-refractivity contribution in [2.75, 3.05) is 4.90 Å². The maximum Gasteiger partial charge on any atom is 0.167 e. The third kappa shape index (κ3) is 6.97. The maximum atomic E-state index is 6.88. The summed E-state index contributed by atoms with van der Waals surface area (Å²) in [4.78, 5) is 17.7. The SMILES string of the molecule is c1ccc(-c2ccc(-c3nc(-c4ccccc4)nc(-c4ccc(N(c5ccc(-c6ccccc6)cc5)c5ccc(-c6ccccc6)cc5)c5c4oc4ccccc45)n3)cc2)cc1. The molecule has 5 nitrogen and oxygen atoms in total. The first-order valence-corrected chi connectivity index (χ1v) is 20.8. The van der Waals surface area contributed by atoms with Gasteiger partial charge in [-0.2, -0.15) is 0 Å². The van der Waals surface area contributed by atoms with E-state index >= 15 is 0 Å². The van der Waals surface area contributed by atoms with E-state index in [9.17, 15) is 0 Å².